The van der Waals surface area contributed by atoms with Crippen molar-refractivity contribution in [1.82, 2.24) is 15.0 Å². The van der Waals surface area contributed by atoms with Gasteiger partial charge in [-0.2, -0.15) is 0 Å². The summed E-state index contributed by atoms with van der Waals surface area (Å²) >= 11 is 9.69. The van der Waals surface area contributed by atoms with Crippen LogP contribution in [0.15, 0.2) is 47.5 Å². The number of carbonyl (C=O) groups excluding carboxylic acids is 1. The van der Waals surface area contributed by atoms with Gasteiger partial charge in [-0.3, -0.25) is 14.8 Å². The van der Waals surface area contributed by atoms with Gasteiger partial charge in [0.05, 0.1) is 34.8 Å². The molecule has 6 nitrogen and oxygen atoms in total. The van der Waals surface area contributed by atoms with Gasteiger partial charge in [0.15, 0.2) is 5.82 Å². The van der Waals surface area contributed by atoms with Crippen molar-refractivity contribution in [3.8, 4) is 17.0 Å². The van der Waals surface area contributed by atoms with E-state index in [2.05, 4.69) is 36.2 Å². The molecule has 1 aromatic carbocycles. The number of amides is 1. The van der Waals surface area contributed by atoms with Gasteiger partial charge >= 0.3 is 0 Å². The molecule has 3 aromatic rings. The molecule has 1 saturated carbocycles. The van der Waals surface area contributed by atoms with Crippen molar-refractivity contribution in [3.05, 3.63) is 63.6 Å². The smallest absolute Gasteiger partial charge is 0.258 e. The molecule has 1 fully saturated rings. The van der Waals surface area contributed by atoms with Gasteiger partial charge in [0.1, 0.15) is 5.75 Å². The maximum atomic E-state index is 12.5. The Balaban J connectivity index is 1.52. The van der Waals surface area contributed by atoms with E-state index in [1.165, 1.54) is 12.4 Å². The molecule has 4 rings (SSSR count). The van der Waals surface area contributed by atoms with Crippen LogP contribution in [0.5, 0.6) is 5.75 Å². The second kappa shape index (κ2) is 7.85. The van der Waals surface area contributed by atoms with Crippen LogP contribution < -0.4 is 10.1 Å². The first-order valence-electron chi connectivity index (χ1n) is 8.71. The van der Waals surface area contributed by atoms with Crippen LogP contribution in [0.3, 0.4) is 0 Å². The molecular formula is C20H16BrClN4O2. The molecule has 1 amide bonds. The topological polar surface area (TPSA) is 77.0 Å². The highest BCUT2D eigenvalue weighted by molar-refractivity contribution is 9.10. The molecule has 142 valence electrons. The molecule has 28 heavy (non-hydrogen) atoms. The highest BCUT2D eigenvalue weighted by Gasteiger charge is 2.24. The molecule has 0 unspecified atom stereocenters. The Kier molecular flexibility index (Phi) is 5.28. The third-order valence-corrected chi connectivity index (χ3v) is 5.46. The van der Waals surface area contributed by atoms with Crippen LogP contribution in [0.2, 0.25) is 5.02 Å². The minimum absolute atomic E-state index is 0.300. The average Bonchev–Trinajstić information content (AvgIpc) is 3.50. The largest absolute Gasteiger partial charge is 0.490 e. The second-order valence-corrected chi connectivity index (χ2v) is 7.76. The normalized spacial score (nSPS) is 13.2. The predicted molar refractivity (Wildman–Crippen MR) is 111 cm³/mol. The van der Waals surface area contributed by atoms with Gasteiger partial charge in [0.25, 0.3) is 5.91 Å². The number of nitrogens with zero attached hydrogens (tertiary/aromatic N) is 3. The number of hydrogen-bond donors (Lipinski definition) is 1. The Labute approximate surface area is 175 Å². The van der Waals surface area contributed by atoms with E-state index in [1.54, 1.807) is 18.5 Å². The van der Waals surface area contributed by atoms with Crippen molar-refractivity contribution in [2.45, 2.75) is 25.9 Å². The molecule has 0 saturated heterocycles. The Morgan fingerprint density at radius 3 is 2.75 bits per heavy atom. The van der Waals surface area contributed by atoms with E-state index >= 15 is 0 Å². The minimum Gasteiger partial charge on any atom is -0.490 e. The van der Waals surface area contributed by atoms with Crippen LogP contribution in [0, 0.1) is 6.92 Å². The fraction of sp³-hybridized carbons (Fsp3) is 0.200. The first-order valence-corrected chi connectivity index (χ1v) is 9.88. The first kappa shape index (κ1) is 18.8. The lowest BCUT2D eigenvalue weighted by Crippen LogP contribution is -2.15. The number of pyridine rings is 1. The Bertz CT molecular complexity index is 1040. The van der Waals surface area contributed by atoms with Crippen LogP contribution in [0.1, 0.15) is 28.8 Å². The van der Waals surface area contributed by atoms with Gasteiger partial charge in [-0.1, -0.05) is 11.6 Å². The predicted octanol–water partition coefficient (Wildman–Crippen LogP) is 5.06. The lowest BCUT2D eigenvalue weighted by molar-refractivity contribution is 0.102. The van der Waals surface area contributed by atoms with Gasteiger partial charge in [-0.05, 0) is 59.5 Å². The molecule has 0 radical (unpaired) electrons. The summed E-state index contributed by atoms with van der Waals surface area (Å²) in [5.41, 5.74) is 2.60. The summed E-state index contributed by atoms with van der Waals surface area (Å²) in [7, 11) is 0. The highest BCUT2D eigenvalue weighted by Crippen LogP contribution is 2.33. The molecule has 0 aliphatic heterocycles. The Morgan fingerprint density at radius 2 is 2.04 bits per heavy atom. The molecular weight excluding hydrogens is 444 g/mol. The summed E-state index contributed by atoms with van der Waals surface area (Å²) in [6.07, 6.45) is 8.70. The molecule has 0 atom stereocenters. The summed E-state index contributed by atoms with van der Waals surface area (Å²) < 4.78 is 6.58. The number of ether oxygens (including phenoxy) is 1. The van der Waals surface area contributed by atoms with Gasteiger partial charge in [-0.25, -0.2) is 4.98 Å². The number of halogens is 2. The van der Waals surface area contributed by atoms with Gasteiger partial charge in [0.2, 0.25) is 0 Å². The van der Waals surface area contributed by atoms with Crippen LogP contribution in [0.25, 0.3) is 11.3 Å². The van der Waals surface area contributed by atoms with E-state index in [1.807, 2.05) is 19.1 Å². The van der Waals surface area contributed by atoms with E-state index in [0.717, 1.165) is 34.2 Å². The van der Waals surface area contributed by atoms with Crippen LogP contribution in [-0.4, -0.2) is 27.0 Å². The fourth-order valence-corrected chi connectivity index (χ4v) is 3.14. The summed E-state index contributed by atoms with van der Waals surface area (Å²) in [4.78, 5) is 25.2. The Hall–Kier alpha value is -2.51. The summed E-state index contributed by atoms with van der Waals surface area (Å²) in [6, 6.07) is 5.50. The van der Waals surface area contributed by atoms with E-state index < -0.39 is 0 Å². The average molecular weight is 460 g/mol. The lowest BCUT2D eigenvalue weighted by Gasteiger charge is -2.10. The van der Waals surface area contributed by atoms with Crippen molar-refractivity contribution in [3.63, 3.8) is 0 Å². The van der Waals surface area contributed by atoms with Gasteiger partial charge in [-0.15, -0.1) is 0 Å². The third kappa shape index (κ3) is 4.15. The fourth-order valence-electron chi connectivity index (χ4n) is 2.60. The zero-order chi connectivity index (χ0) is 19.7. The maximum absolute atomic E-state index is 12.5. The quantitative estimate of drug-likeness (QED) is 0.577. The van der Waals surface area contributed by atoms with E-state index in [9.17, 15) is 4.79 Å². The number of carbonyl (C=O) groups is 1. The standard InChI is InChI=1S/C20H16BrClN4O2/c1-11-15(7-23-8-16(11)21)20(27)26-19-10-24-18(9-25-19)14-6-13(4-5-17(14)22)28-12-2-3-12/h4-10,12H,2-3H2,1H3,(H,25,26,27). The number of rotatable bonds is 5. The van der Waals surface area contributed by atoms with Crippen molar-refractivity contribution in [2.75, 3.05) is 5.32 Å². The number of benzene rings is 1. The zero-order valence-electron chi connectivity index (χ0n) is 14.9. The summed E-state index contributed by atoms with van der Waals surface area (Å²) in [6.45, 7) is 1.84. The lowest BCUT2D eigenvalue weighted by atomic mass is 10.1. The Morgan fingerprint density at radius 1 is 1.21 bits per heavy atom. The molecule has 0 bridgehead atoms. The first-order chi connectivity index (χ1) is 13.5. The second-order valence-electron chi connectivity index (χ2n) is 6.49. The molecule has 2 aromatic heterocycles. The van der Waals surface area contributed by atoms with Crippen LogP contribution in [-0.2, 0) is 0 Å². The SMILES string of the molecule is Cc1c(Br)cncc1C(=O)Nc1cnc(-c2cc(OC3CC3)ccc2Cl)cn1. The maximum Gasteiger partial charge on any atom is 0.258 e. The third-order valence-electron chi connectivity index (χ3n) is 4.33. The van der Waals surface area contributed by atoms with Crippen molar-refractivity contribution in [2.24, 2.45) is 0 Å². The van der Waals surface area contributed by atoms with Crippen LogP contribution >= 0.6 is 27.5 Å². The highest BCUT2D eigenvalue weighted by atomic mass is 79.9. The monoisotopic (exact) mass is 458 g/mol. The minimum atomic E-state index is -0.300. The van der Waals surface area contributed by atoms with E-state index in [4.69, 9.17) is 16.3 Å². The number of hydrogen-bond acceptors (Lipinski definition) is 5. The van der Waals surface area contributed by atoms with Crippen molar-refractivity contribution >= 4 is 39.3 Å². The molecule has 1 N–H and O–H groups in total. The molecule has 8 heteroatoms. The summed E-state index contributed by atoms with van der Waals surface area (Å²) in [5, 5.41) is 3.29. The molecule has 2 heterocycles. The van der Waals surface area contributed by atoms with Gasteiger partial charge in [0, 0.05) is 22.4 Å². The number of nitrogens with one attached hydrogen (secondary N) is 1. The number of aromatic nitrogens is 3. The zero-order valence-corrected chi connectivity index (χ0v) is 17.3. The molecule has 1 aliphatic carbocycles. The van der Waals surface area contributed by atoms with Crippen molar-refractivity contribution in [1.29, 1.82) is 0 Å². The molecule has 0 spiro atoms. The van der Waals surface area contributed by atoms with Crippen LogP contribution in [0.4, 0.5) is 5.82 Å². The van der Waals surface area contributed by atoms with Gasteiger partial charge < -0.3 is 10.1 Å². The van der Waals surface area contributed by atoms with E-state index in [-0.39, 0.29) is 5.91 Å². The molecule has 1 aliphatic rings. The summed E-state index contributed by atoms with van der Waals surface area (Å²) in [5.74, 6) is 0.805. The van der Waals surface area contributed by atoms with E-state index in [0.29, 0.717) is 28.2 Å². The number of anilines is 1. The van der Waals surface area contributed by atoms with Crippen molar-refractivity contribution < 1.29 is 9.53 Å².